The summed E-state index contributed by atoms with van der Waals surface area (Å²) in [5.74, 6) is 1.21. The van der Waals surface area contributed by atoms with Gasteiger partial charge in [0.1, 0.15) is 5.78 Å². The molecule has 0 unspecified atom stereocenters. The van der Waals surface area contributed by atoms with Gasteiger partial charge in [-0.1, -0.05) is 70.9 Å². The first-order chi connectivity index (χ1) is 10.8. The van der Waals surface area contributed by atoms with Gasteiger partial charge < -0.3 is 0 Å². The highest BCUT2D eigenvalue weighted by Gasteiger charge is 2.60. The minimum atomic E-state index is -0.508. The van der Waals surface area contributed by atoms with Gasteiger partial charge in [-0.3, -0.25) is 9.59 Å². The van der Waals surface area contributed by atoms with Crippen molar-refractivity contribution < 1.29 is 9.59 Å². The average Bonchev–Trinajstić information content (AvgIpc) is 3.08. The molecular formula is C21H28O2. The molecule has 23 heavy (non-hydrogen) atoms. The van der Waals surface area contributed by atoms with Gasteiger partial charge in [0.05, 0.1) is 0 Å². The molecular weight excluding hydrogens is 284 g/mol. The Balaban J connectivity index is 2.01. The van der Waals surface area contributed by atoms with Crippen molar-refractivity contribution in [1.29, 1.82) is 0 Å². The lowest BCUT2D eigenvalue weighted by Gasteiger charge is -2.39. The smallest absolute Gasteiger partial charge is 0.166 e. The predicted octanol–water partition coefficient (Wildman–Crippen LogP) is 4.93. The first-order valence-electron chi connectivity index (χ1n) is 8.90. The Labute approximate surface area is 139 Å². The number of rotatable bonds is 3. The van der Waals surface area contributed by atoms with Gasteiger partial charge in [-0.2, -0.15) is 0 Å². The highest BCUT2D eigenvalue weighted by molar-refractivity contribution is 6.03. The summed E-state index contributed by atoms with van der Waals surface area (Å²) in [6.07, 6.45) is 4.36. The summed E-state index contributed by atoms with van der Waals surface area (Å²) in [6, 6.07) is 9.52. The van der Waals surface area contributed by atoms with E-state index in [1.807, 2.05) is 51.1 Å². The van der Waals surface area contributed by atoms with Crippen LogP contribution in [0.15, 0.2) is 30.3 Å². The van der Waals surface area contributed by atoms with E-state index in [-0.39, 0.29) is 17.5 Å². The van der Waals surface area contributed by atoms with Crippen molar-refractivity contribution in [3.05, 3.63) is 35.9 Å². The number of hydrogen-bond acceptors (Lipinski definition) is 2. The van der Waals surface area contributed by atoms with Gasteiger partial charge in [-0.15, -0.1) is 0 Å². The summed E-state index contributed by atoms with van der Waals surface area (Å²) >= 11 is 0. The van der Waals surface area contributed by atoms with E-state index >= 15 is 0 Å². The quantitative estimate of drug-likeness (QED) is 0.742. The maximum Gasteiger partial charge on any atom is 0.166 e. The van der Waals surface area contributed by atoms with Crippen LogP contribution in [-0.4, -0.2) is 11.6 Å². The molecule has 2 saturated carbocycles. The van der Waals surface area contributed by atoms with Gasteiger partial charge >= 0.3 is 0 Å². The van der Waals surface area contributed by atoms with E-state index in [0.29, 0.717) is 11.8 Å². The Morgan fingerprint density at radius 2 is 1.74 bits per heavy atom. The van der Waals surface area contributed by atoms with E-state index < -0.39 is 10.8 Å². The highest BCUT2D eigenvalue weighted by Crippen LogP contribution is 2.60. The lowest BCUT2D eigenvalue weighted by atomic mass is 9.62. The Kier molecular flexibility index (Phi) is 3.98. The van der Waals surface area contributed by atoms with Gasteiger partial charge in [-0.05, 0) is 24.7 Å². The van der Waals surface area contributed by atoms with Crippen molar-refractivity contribution in [3.8, 4) is 0 Å². The second kappa shape index (κ2) is 5.58. The molecule has 124 valence electrons. The van der Waals surface area contributed by atoms with Crippen molar-refractivity contribution in [2.75, 3.05) is 0 Å². The van der Waals surface area contributed by atoms with Crippen molar-refractivity contribution in [3.63, 3.8) is 0 Å². The molecule has 0 N–H and O–H groups in total. The van der Waals surface area contributed by atoms with Crippen LogP contribution in [0.5, 0.6) is 0 Å². The Morgan fingerprint density at radius 3 is 2.35 bits per heavy atom. The number of carbonyl (C=O) groups is 2. The molecule has 0 radical (unpaired) electrons. The fourth-order valence-electron chi connectivity index (χ4n) is 5.23. The van der Waals surface area contributed by atoms with Crippen LogP contribution in [0.2, 0.25) is 0 Å². The molecule has 1 aromatic rings. The van der Waals surface area contributed by atoms with Crippen molar-refractivity contribution >= 4 is 11.6 Å². The number of hydrogen-bond donors (Lipinski definition) is 0. The van der Waals surface area contributed by atoms with E-state index in [4.69, 9.17) is 0 Å². The second-order valence-corrected chi connectivity index (χ2v) is 8.68. The van der Waals surface area contributed by atoms with Gasteiger partial charge in [0, 0.05) is 22.3 Å². The fourth-order valence-corrected chi connectivity index (χ4v) is 5.23. The van der Waals surface area contributed by atoms with E-state index in [0.717, 1.165) is 18.4 Å². The van der Waals surface area contributed by atoms with Gasteiger partial charge in [-0.25, -0.2) is 0 Å². The monoisotopic (exact) mass is 312 g/mol. The zero-order chi connectivity index (χ0) is 16.8. The minimum absolute atomic E-state index is 0.160. The maximum atomic E-state index is 13.3. The molecule has 2 aliphatic rings. The Morgan fingerprint density at radius 1 is 1.09 bits per heavy atom. The minimum Gasteiger partial charge on any atom is -0.298 e. The lowest BCUT2D eigenvalue weighted by molar-refractivity contribution is -0.139. The topological polar surface area (TPSA) is 34.1 Å². The highest BCUT2D eigenvalue weighted by atomic mass is 16.1. The van der Waals surface area contributed by atoms with Crippen molar-refractivity contribution in [2.45, 2.75) is 53.4 Å². The normalized spacial score (nSPS) is 33.5. The van der Waals surface area contributed by atoms with Gasteiger partial charge in [0.2, 0.25) is 0 Å². The molecule has 2 heteroatoms. The van der Waals surface area contributed by atoms with Crippen molar-refractivity contribution in [1.82, 2.24) is 0 Å². The largest absolute Gasteiger partial charge is 0.298 e. The third-order valence-corrected chi connectivity index (χ3v) is 6.24. The summed E-state index contributed by atoms with van der Waals surface area (Å²) < 4.78 is 0. The second-order valence-electron chi connectivity index (χ2n) is 8.68. The first kappa shape index (κ1) is 16.4. The Bertz CT molecular complexity index is 610. The van der Waals surface area contributed by atoms with Crippen LogP contribution in [0.3, 0.4) is 0 Å². The first-order valence-corrected chi connectivity index (χ1v) is 8.90. The number of ketones is 2. The van der Waals surface area contributed by atoms with Crippen LogP contribution in [-0.2, 0) is 4.79 Å². The van der Waals surface area contributed by atoms with Crippen LogP contribution >= 0.6 is 0 Å². The van der Waals surface area contributed by atoms with Crippen LogP contribution < -0.4 is 0 Å². The van der Waals surface area contributed by atoms with E-state index in [1.54, 1.807) is 0 Å². The number of fused-ring (bicyclic) bond motifs is 1. The molecule has 3 rings (SSSR count). The molecule has 0 bridgehead atoms. The van der Waals surface area contributed by atoms with Crippen LogP contribution in [0.4, 0.5) is 0 Å². The molecule has 0 heterocycles. The summed E-state index contributed by atoms with van der Waals surface area (Å²) in [4.78, 5) is 26.5. The molecule has 0 spiro atoms. The standard InChI is InChI=1S/C21H28O2/c1-20(2,3)19(23)21(4)16-12-8-11-15(16)13-17(21)18(22)14-9-6-5-7-10-14/h5-7,9-10,15-17H,8,11-13H2,1-4H3/t15-,16-,17-,21-/m1/s1. The molecule has 2 fully saturated rings. The Hall–Kier alpha value is -1.44. The molecule has 0 aromatic heterocycles. The molecule has 0 saturated heterocycles. The lowest BCUT2D eigenvalue weighted by Crippen LogP contribution is -2.46. The maximum absolute atomic E-state index is 13.3. The third-order valence-electron chi connectivity index (χ3n) is 6.24. The summed E-state index contributed by atoms with van der Waals surface area (Å²) in [6.45, 7) is 8.06. The number of carbonyl (C=O) groups excluding carboxylic acids is 2. The zero-order valence-electron chi connectivity index (χ0n) is 14.8. The molecule has 4 atom stereocenters. The average molecular weight is 312 g/mol. The molecule has 2 aliphatic carbocycles. The van der Waals surface area contributed by atoms with Gasteiger partial charge in [0.25, 0.3) is 0 Å². The van der Waals surface area contributed by atoms with Crippen LogP contribution in [0, 0.1) is 28.6 Å². The fraction of sp³-hybridized carbons (Fsp3) is 0.619. The van der Waals surface area contributed by atoms with Crippen LogP contribution in [0.1, 0.15) is 63.7 Å². The van der Waals surface area contributed by atoms with E-state index in [1.165, 1.54) is 12.8 Å². The van der Waals surface area contributed by atoms with Gasteiger partial charge in [0.15, 0.2) is 5.78 Å². The SMILES string of the molecule is CC(C)(C)C(=O)[C@@]1(C)[C@@H](C(=O)c2ccccc2)C[C@H]2CCC[C@H]21. The van der Waals surface area contributed by atoms with E-state index in [2.05, 4.69) is 6.92 Å². The third kappa shape index (κ3) is 2.56. The predicted molar refractivity (Wildman–Crippen MR) is 92.3 cm³/mol. The summed E-state index contributed by atoms with van der Waals surface area (Å²) in [7, 11) is 0. The molecule has 0 amide bonds. The number of Topliss-reactive ketones (excluding diaryl/α,β-unsaturated/α-hetero) is 2. The molecule has 0 aliphatic heterocycles. The van der Waals surface area contributed by atoms with E-state index in [9.17, 15) is 9.59 Å². The zero-order valence-corrected chi connectivity index (χ0v) is 14.8. The molecule has 1 aromatic carbocycles. The number of benzene rings is 1. The molecule has 2 nitrogen and oxygen atoms in total. The van der Waals surface area contributed by atoms with Crippen LogP contribution in [0.25, 0.3) is 0 Å². The summed E-state index contributed by atoms with van der Waals surface area (Å²) in [5, 5.41) is 0. The summed E-state index contributed by atoms with van der Waals surface area (Å²) in [5.41, 5.74) is -0.154. The van der Waals surface area contributed by atoms with Crippen molar-refractivity contribution in [2.24, 2.45) is 28.6 Å².